The van der Waals surface area contributed by atoms with Gasteiger partial charge in [0.05, 0.1) is 24.7 Å². The van der Waals surface area contributed by atoms with E-state index in [1.165, 1.54) is 0 Å². The van der Waals surface area contributed by atoms with E-state index in [1.807, 2.05) is 56.0 Å². The molecule has 3 aliphatic rings. The zero-order valence-corrected chi connectivity index (χ0v) is 16.7. The number of likely N-dealkylation sites (tertiary alicyclic amines) is 1. The van der Waals surface area contributed by atoms with E-state index < -0.39 is 5.60 Å². The Kier molecular flexibility index (Phi) is 4.95. The minimum Gasteiger partial charge on any atom is -0.445 e. The fourth-order valence-electron chi connectivity index (χ4n) is 4.28. The summed E-state index contributed by atoms with van der Waals surface area (Å²) in [5.41, 5.74) is 0.402. The number of amides is 2. The fraction of sp³-hybridized carbons (Fsp3) is 0.619. The van der Waals surface area contributed by atoms with Gasteiger partial charge < -0.3 is 14.2 Å². The first-order chi connectivity index (χ1) is 13.3. The zero-order valence-electron chi connectivity index (χ0n) is 16.7. The van der Waals surface area contributed by atoms with Gasteiger partial charge in [0.25, 0.3) is 0 Å². The van der Waals surface area contributed by atoms with Crippen LogP contribution in [0.1, 0.15) is 39.2 Å². The van der Waals surface area contributed by atoms with Gasteiger partial charge in [-0.25, -0.2) is 9.59 Å². The minimum atomic E-state index is -0.548. The van der Waals surface area contributed by atoms with Crippen molar-refractivity contribution in [3.05, 3.63) is 35.9 Å². The van der Waals surface area contributed by atoms with Crippen molar-refractivity contribution < 1.29 is 23.8 Å². The summed E-state index contributed by atoms with van der Waals surface area (Å²) in [5.74, 6) is 0. The number of carbonyl (C=O) groups is 2. The number of ether oxygens (including phenoxy) is 3. The number of carbonyl (C=O) groups excluding carboxylic acids is 2. The molecular formula is C21H28N2O5. The topological polar surface area (TPSA) is 71.6 Å². The molecule has 7 nitrogen and oxygen atoms in total. The lowest BCUT2D eigenvalue weighted by Gasteiger charge is -2.45. The van der Waals surface area contributed by atoms with Crippen LogP contribution in [0, 0.1) is 0 Å². The Labute approximate surface area is 165 Å². The Morgan fingerprint density at radius 2 is 1.86 bits per heavy atom. The molecule has 2 amide bonds. The lowest BCUT2D eigenvalue weighted by Crippen LogP contribution is -2.64. The number of nitrogens with zero attached hydrogens (tertiary/aromatic N) is 2. The van der Waals surface area contributed by atoms with Gasteiger partial charge in [-0.05, 0) is 39.2 Å². The molecule has 1 aromatic rings. The molecule has 3 heterocycles. The van der Waals surface area contributed by atoms with E-state index in [-0.39, 0.29) is 43.0 Å². The Morgan fingerprint density at radius 3 is 2.50 bits per heavy atom. The summed E-state index contributed by atoms with van der Waals surface area (Å²) in [7, 11) is 0. The fourth-order valence-corrected chi connectivity index (χ4v) is 4.28. The van der Waals surface area contributed by atoms with Crippen molar-refractivity contribution >= 4 is 12.2 Å². The molecule has 152 valence electrons. The number of epoxide rings is 1. The van der Waals surface area contributed by atoms with E-state index >= 15 is 0 Å². The summed E-state index contributed by atoms with van der Waals surface area (Å²) in [6, 6.07) is 9.31. The Morgan fingerprint density at radius 1 is 1.14 bits per heavy atom. The second-order valence-electron chi connectivity index (χ2n) is 8.74. The summed E-state index contributed by atoms with van der Waals surface area (Å²) in [6.45, 7) is 6.90. The molecule has 3 saturated heterocycles. The van der Waals surface area contributed by atoms with Crippen LogP contribution in [0.2, 0.25) is 0 Å². The molecule has 0 spiro atoms. The van der Waals surface area contributed by atoms with Gasteiger partial charge in [-0.3, -0.25) is 9.80 Å². The van der Waals surface area contributed by atoms with Crippen LogP contribution in [0.25, 0.3) is 0 Å². The number of piperazine rings is 1. The lowest BCUT2D eigenvalue weighted by molar-refractivity contribution is -0.0275. The third-order valence-corrected chi connectivity index (χ3v) is 5.49. The summed E-state index contributed by atoms with van der Waals surface area (Å²) in [5, 5.41) is 0. The molecular weight excluding hydrogens is 360 g/mol. The smallest absolute Gasteiger partial charge is 0.410 e. The first-order valence-electron chi connectivity index (χ1n) is 9.94. The Hall–Kier alpha value is -2.28. The highest BCUT2D eigenvalue weighted by atomic mass is 16.6. The lowest BCUT2D eigenvalue weighted by atomic mass is 10.0. The second-order valence-corrected chi connectivity index (χ2v) is 8.74. The van der Waals surface area contributed by atoms with Crippen molar-refractivity contribution in [1.29, 1.82) is 0 Å². The minimum absolute atomic E-state index is 0.0425. The van der Waals surface area contributed by atoms with E-state index in [1.54, 1.807) is 4.90 Å². The van der Waals surface area contributed by atoms with Crippen molar-refractivity contribution in [2.24, 2.45) is 0 Å². The van der Waals surface area contributed by atoms with E-state index in [0.717, 1.165) is 18.4 Å². The Balaban J connectivity index is 1.47. The first kappa shape index (κ1) is 19.1. The largest absolute Gasteiger partial charge is 0.445 e. The quantitative estimate of drug-likeness (QED) is 0.744. The van der Waals surface area contributed by atoms with Gasteiger partial charge in [0, 0.05) is 6.54 Å². The van der Waals surface area contributed by atoms with Crippen LogP contribution in [0.15, 0.2) is 30.3 Å². The van der Waals surface area contributed by atoms with Crippen molar-refractivity contribution in [2.75, 3.05) is 13.2 Å². The van der Waals surface area contributed by atoms with Crippen LogP contribution in [0.5, 0.6) is 0 Å². The highest BCUT2D eigenvalue weighted by Crippen LogP contribution is 2.40. The first-order valence-corrected chi connectivity index (χ1v) is 9.94. The van der Waals surface area contributed by atoms with Gasteiger partial charge in [-0.2, -0.15) is 0 Å². The number of hydrogen-bond donors (Lipinski definition) is 0. The average Bonchev–Trinajstić information content (AvgIpc) is 3.42. The number of hydrogen-bond acceptors (Lipinski definition) is 5. The van der Waals surface area contributed by atoms with Crippen molar-refractivity contribution in [1.82, 2.24) is 9.80 Å². The van der Waals surface area contributed by atoms with Gasteiger partial charge in [0.1, 0.15) is 18.3 Å². The monoisotopic (exact) mass is 388 g/mol. The predicted molar refractivity (Wildman–Crippen MR) is 102 cm³/mol. The molecule has 4 rings (SSSR count). The third-order valence-electron chi connectivity index (χ3n) is 5.49. The highest BCUT2D eigenvalue weighted by molar-refractivity contribution is 5.72. The molecule has 0 N–H and O–H groups in total. The van der Waals surface area contributed by atoms with E-state index in [4.69, 9.17) is 14.2 Å². The van der Waals surface area contributed by atoms with Crippen LogP contribution >= 0.6 is 0 Å². The van der Waals surface area contributed by atoms with E-state index in [0.29, 0.717) is 13.2 Å². The maximum atomic E-state index is 12.9. The predicted octanol–water partition coefficient (Wildman–Crippen LogP) is 3.17. The molecule has 0 aliphatic carbocycles. The van der Waals surface area contributed by atoms with Crippen LogP contribution in [-0.4, -0.2) is 65.0 Å². The summed E-state index contributed by atoms with van der Waals surface area (Å²) >= 11 is 0. The summed E-state index contributed by atoms with van der Waals surface area (Å²) < 4.78 is 16.7. The van der Waals surface area contributed by atoms with Crippen molar-refractivity contribution in [3.63, 3.8) is 0 Å². The maximum absolute atomic E-state index is 12.9. The second kappa shape index (κ2) is 7.28. The van der Waals surface area contributed by atoms with E-state index in [2.05, 4.69) is 0 Å². The SMILES string of the molecule is CC(C)(C)OC(=O)N1[C@@H]2CC[C@H]1[C@@H](C1CO1)N(C(=O)OCc1ccccc1)C2. The summed E-state index contributed by atoms with van der Waals surface area (Å²) in [6.07, 6.45) is 1.01. The van der Waals surface area contributed by atoms with Gasteiger partial charge in [-0.15, -0.1) is 0 Å². The van der Waals surface area contributed by atoms with Gasteiger partial charge in [0.15, 0.2) is 0 Å². The number of rotatable bonds is 3. The van der Waals surface area contributed by atoms with Gasteiger partial charge >= 0.3 is 12.2 Å². The molecule has 0 aromatic heterocycles. The molecule has 0 radical (unpaired) electrons. The van der Waals surface area contributed by atoms with E-state index in [9.17, 15) is 9.59 Å². The van der Waals surface area contributed by atoms with Crippen LogP contribution in [0.4, 0.5) is 9.59 Å². The molecule has 0 saturated carbocycles. The van der Waals surface area contributed by atoms with Crippen molar-refractivity contribution in [2.45, 2.75) is 70.1 Å². The van der Waals surface area contributed by atoms with Crippen LogP contribution < -0.4 is 0 Å². The zero-order chi connectivity index (χ0) is 19.9. The molecule has 3 fully saturated rings. The highest BCUT2D eigenvalue weighted by Gasteiger charge is 2.56. The average molecular weight is 388 g/mol. The molecule has 1 aromatic carbocycles. The molecule has 7 heteroatoms. The maximum Gasteiger partial charge on any atom is 0.410 e. The number of benzene rings is 1. The van der Waals surface area contributed by atoms with Crippen LogP contribution in [0.3, 0.4) is 0 Å². The van der Waals surface area contributed by atoms with Crippen molar-refractivity contribution in [3.8, 4) is 0 Å². The standard InChI is InChI=1S/C21H28N2O5/c1-21(2,3)28-20(25)23-15-9-10-16(23)18(17-13-26-17)22(11-15)19(24)27-12-14-7-5-4-6-8-14/h4-8,15-18H,9-13H2,1-3H3/t15-,16+,17?,18+/m1/s1. The summed E-state index contributed by atoms with van der Waals surface area (Å²) in [4.78, 5) is 29.2. The van der Waals surface area contributed by atoms with Crippen LogP contribution in [-0.2, 0) is 20.8 Å². The van der Waals surface area contributed by atoms with Gasteiger partial charge in [0.2, 0.25) is 0 Å². The molecule has 1 unspecified atom stereocenters. The molecule has 2 bridgehead atoms. The Bertz CT molecular complexity index is 728. The van der Waals surface area contributed by atoms with Gasteiger partial charge in [-0.1, -0.05) is 30.3 Å². The molecule has 3 aliphatic heterocycles. The third kappa shape index (κ3) is 3.94. The number of fused-ring (bicyclic) bond motifs is 2. The normalized spacial score (nSPS) is 28.8. The molecule has 4 atom stereocenters. The molecule has 28 heavy (non-hydrogen) atoms.